The lowest BCUT2D eigenvalue weighted by Gasteiger charge is -2.47. The largest absolute Gasteiger partial charge is 0.309 e. The van der Waals surface area contributed by atoms with Crippen molar-refractivity contribution in [1.29, 1.82) is 0 Å². The number of halogens is 4. The molecule has 0 saturated heterocycles. The zero-order chi connectivity index (χ0) is 16.4. The van der Waals surface area contributed by atoms with Gasteiger partial charge in [-0.3, -0.25) is 0 Å². The standard InChI is InChI=1S/C19H20Cl2FN.ClH/c1-13(23-12-14-3-6-16(22)7-4-14)19(9-2-10-19)15-5-8-17(20)18(21)11-15;/h3-8,11,13,23H,2,9-10,12H2,1H3;1H. The van der Waals surface area contributed by atoms with E-state index in [1.54, 1.807) is 0 Å². The Bertz CT molecular complexity index is 684. The molecule has 0 radical (unpaired) electrons. The summed E-state index contributed by atoms with van der Waals surface area (Å²) in [7, 11) is 0. The summed E-state index contributed by atoms with van der Waals surface area (Å²) < 4.78 is 13.0. The van der Waals surface area contributed by atoms with Crippen LogP contribution in [0.15, 0.2) is 42.5 Å². The summed E-state index contributed by atoms with van der Waals surface area (Å²) in [5.41, 5.74) is 2.44. The molecule has 130 valence electrons. The minimum atomic E-state index is -0.201. The molecule has 1 nitrogen and oxygen atoms in total. The maximum absolute atomic E-state index is 13.0. The lowest BCUT2D eigenvalue weighted by atomic mass is 9.60. The molecule has 0 aliphatic heterocycles. The summed E-state index contributed by atoms with van der Waals surface area (Å²) in [6, 6.07) is 12.9. The molecule has 0 amide bonds. The summed E-state index contributed by atoms with van der Waals surface area (Å²) in [5.74, 6) is -0.201. The van der Waals surface area contributed by atoms with Gasteiger partial charge in [-0.05, 0) is 55.2 Å². The van der Waals surface area contributed by atoms with Gasteiger partial charge in [-0.25, -0.2) is 4.39 Å². The molecule has 2 aromatic carbocycles. The monoisotopic (exact) mass is 387 g/mol. The third-order valence-electron chi connectivity index (χ3n) is 5.09. The van der Waals surface area contributed by atoms with E-state index in [0.717, 1.165) is 24.9 Å². The maximum atomic E-state index is 13.0. The van der Waals surface area contributed by atoms with Gasteiger partial charge in [0.05, 0.1) is 10.0 Å². The lowest BCUT2D eigenvalue weighted by molar-refractivity contribution is 0.178. The van der Waals surface area contributed by atoms with Crippen molar-refractivity contribution in [1.82, 2.24) is 5.32 Å². The highest BCUT2D eigenvalue weighted by atomic mass is 35.5. The summed E-state index contributed by atoms with van der Waals surface area (Å²) in [5, 5.41) is 4.80. The highest BCUT2D eigenvalue weighted by molar-refractivity contribution is 6.42. The molecule has 24 heavy (non-hydrogen) atoms. The number of rotatable bonds is 5. The molecule has 2 aromatic rings. The Hall–Kier alpha value is -0.800. The Kier molecular flexibility index (Phi) is 6.55. The van der Waals surface area contributed by atoms with Crippen LogP contribution in [0.1, 0.15) is 37.3 Å². The van der Waals surface area contributed by atoms with E-state index in [1.165, 1.54) is 24.1 Å². The van der Waals surface area contributed by atoms with Crippen molar-refractivity contribution in [3.63, 3.8) is 0 Å². The van der Waals surface area contributed by atoms with Crippen LogP contribution in [0.4, 0.5) is 4.39 Å². The van der Waals surface area contributed by atoms with Gasteiger partial charge in [0.1, 0.15) is 5.82 Å². The molecular weight excluding hydrogens is 368 g/mol. The van der Waals surface area contributed by atoms with E-state index in [-0.39, 0.29) is 23.6 Å². The van der Waals surface area contributed by atoms with Gasteiger partial charge in [0.25, 0.3) is 0 Å². The zero-order valence-electron chi connectivity index (χ0n) is 13.5. The second-order valence-corrected chi connectivity index (χ2v) is 7.18. The summed E-state index contributed by atoms with van der Waals surface area (Å²) in [6.07, 6.45) is 3.51. The highest BCUT2D eigenvalue weighted by Crippen LogP contribution is 2.47. The molecule has 1 N–H and O–H groups in total. The smallest absolute Gasteiger partial charge is 0.123 e. The molecule has 0 spiro atoms. The predicted octanol–water partition coefficient (Wildman–Crippen LogP) is 6.15. The van der Waals surface area contributed by atoms with Gasteiger partial charge in [0, 0.05) is 18.0 Å². The summed E-state index contributed by atoms with van der Waals surface area (Å²) in [4.78, 5) is 0. The first-order chi connectivity index (χ1) is 11.0. The molecule has 1 aliphatic rings. The van der Waals surface area contributed by atoms with Gasteiger partial charge in [-0.1, -0.05) is 47.8 Å². The molecule has 1 unspecified atom stereocenters. The molecule has 3 rings (SSSR count). The van der Waals surface area contributed by atoms with Crippen molar-refractivity contribution in [2.45, 2.75) is 44.2 Å². The minimum Gasteiger partial charge on any atom is -0.309 e. The van der Waals surface area contributed by atoms with Crippen LogP contribution >= 0.6 is 35.6 Å². The van der Waals surface area contributed by atoms with Crippen molar-refractivity contribution >= 4 is 35.6 Å². The Morgan fingerprint density at radius 1 is 1.08 bits per heavy atom. The van der Waals surface area contributed by atoms with Crippen molar-refractivity contribution < 1.29 is 4.39 Å². The SMILES string of the molecule is CC(NCc1ccc(F)cc1)C1(c2ccc(Cl)c(Cl)c2)CCC1.Cl. The lowest BCUT2D eigenvalue weighted by Crippen LogP contribution is -2.50. The first-order valence-electron chi connectivity index (χ1n) is 7.95. The molecule has 1 aliphatic carbocycles. The molecule has 5 heteroatoms. The Balaban J connectivity index is 0.00000208. The van der Waals surface area contributed by atoms with Crippen LogP contribution in [-0.2, 0) is 12.0 Å². The van der Waals surface area contributed by atoms with E-state index < -0.39 is 0 Å². The Morgan fingerprint density at radius 2 is 1.75 bits per heavy atom. The van der Waals surface area contributed by atoms with Crippen LogP contribution in [0.5, 0.6) is 0 Å². The van der Waals surface area contributed by atoms with Crippen molar-refractivity contribution in [2.75, 3.05) is 0 Å². The van der Waals surface area contributed by atoms with Gasteiger partial charge in [0.2, 0.25) is 0 Å². The van der Waals surface area contributed by atoms with E-state index in [1.807, 2.05) is 24.3 Å². The molecular formula is C19H21Cl3FN. The number of hydrogen-bond donors (Lipinski definition) is 1. The number of nitrogens with one attached hydrogen (secondary N) is 1. The van der Waals surface area contributed by atoms with Gasteiger partial charge in [-0.15, -0.1) is 12.4 Å². The van der Waals surface area contributed by atoms with E-state index in [2.05, 4.69) is 18.3 Å². The van der Waals surface area contributed by atoms with E-state index in [4.69, 9.17) is 23.2 Å². The molecule has 1 saturated carbocycles. The van der Waals surface area contributed by atoms with Crippen LogP contribution in [0.2, 0.25) is 10.0 Å². The molecule has 0 heterocycles. The van der Waals surface area contributed by atoms with Crippen molar-refractivity contribution in [2.24, 2.45) is 0 Å². The Morgan fingerprint density at radius 3 is 2.29 bits per heavy atom. The van der Waals surface area contributed by atoms with Gasteiger partial charge >= 0.3 is 0 Å². The van der Waals surface area contributed by atoms with Gasteiger partial charge < -0.3 is 5.32 Å². The molecule has 1 atom stereocenters. The van der Waals surface area contributed by atoms with Crippen LogP contribution in [0, 0.1) is 5.82 Å². The maximum Gasteiger partial charge on any atom is 0.123 e. The minimum absolute atomic E-state index is 0. The second-order valence-electron chi connectivity index (χ2n) is 6.37. The fourth-order valence-corrected chi connectivity index (χ4v) is 3.70. The Labute approximate surface area is 159 Å². The first-order valence-corrected chi connectivity index (χ1v) is 8.70. The summed E-state index contributed by atoms with van der Waals surface area (Å²) in [6.45, 7) is 2.94. The normalized spacial score (nSPS) is 16.8. The van der Waals surface area contributed by atoms with Crippen LogP contribution < -0.4 is 5.32 Å². The molecule has 0 aromatic heterocycles. The van der Waals surface area contributed by atoms with Gasteiger partial charge in [-0.2, -0.15) is 0 Å². The fraction of sp³-hybridized carbons (Fsp3) is 0.368. The summed E-state index contributed by atoms with van der Waals surface area (Å²) >= 11 is 12.3. The third kappa shape index (κ3) is 3.88. The zero-order valence-corrected chi connectivity index (χ0v) is 15.8. The quantitative estimate of drug-likeness (QED) is 0.647. The van der Waals surface area contributed by atoms with E-state index in [9.17, 15) is 4.39 Å². The average Bonchev–Trinajstić information content (AvgIpc) is 2.49. The predicted molar refractivity (Wildman–Crippen MR) is 102 cm³/mol. The fourth-order valence-electron chi connectivity index (χ4n) is 3.40. The van der Waals surface area contributed by atoms with Crippen LogP contribution in [0.3, 0.4) is 0 Å². The van der Waals surface area contributed by atoms with Crippen molar-refractivity contribution in [3.8, 4) is 0 Å². The van der Waals surface area contributed by atoms with Crippen molar-refractivity contribution in [3.05, 3.63) is 69.5 Å². The average molecular weight is 389 g/mol. The highest BCUT2D eigenvalue weighted by Gasteiger charge is 2.43. The molecule has 1 fully saturated rings. The first kappa shape index (κ1) is 19.5. The topological polar surface area (TPSA) is 12.0 Å². The van der Waals surface area contributed by atoms with Gasteiger partial charge in [0.15, 0.2) is 0 Å². The number of benzene rings is 2. The van der Waals surface area contributed by atoms with Crippen LogP contribution in [0.25, 0.3) is 0 Å². The van der Waals surface area contributed by atoms with E-state index >= 15 is 0 Å². The molecule has 0 bridgehead atoms. The third-order valence-corrected chi connectivity index (χ3v) is 5.83. The van der Waals surface area contributed by atoms with E-state index in [0.29, 0.717) is 16.1 Å². The second kappa shape index (κ2) is 8.05. The number of hydrogen-bond acceptors (Lipinski definition) is 1. The van der Waals surface area contributed by atoms with Crippen LogP contribution in [-0.4, -0.2) is 6.04 Å².